The molecular formula is C29H38N4O6. The summed E-state index contributed by atoms with van der Waals surface area (Å²) in [4.78, 5) is 42.8. The molecule has 3 N–H and O–H groups in total. The summed E-state index contributed by atoms with van der Waals surface area (Å²) in [5.41, 5.74) is 1.38. The Bertz CT molecular complexity index is 1150. The normalized spacial score (nSPS) is 20.6. The molecule has 4 rings (SSSR count). The molecule has 2 aromatic carbocycles. The first kappa shape index (κ1) is 28.4. The van der Waals surface area contributed by atoms with Gasteiger partial charge in [0.25, 0.3) is 5.91 Å². The number of nitrogens with zero attached hydrogens (tertiary/aromatic N) is 2. The van der Waals surface area contributed by atoms with Crippen LogP contribution in [0.5, 0.6) is 5.75 Å². The van der Waals surface area contributed by atoms with E-state index in [2.05, 4.69) is 10.6 Å². The number of likely N-dealkylation sites (N-methyl/N-ethyl adjacent to an activating group) is 1. The van der Waals surface area contributed by atoms with E-state index in [1.807, 2.05) is 37.3 Å². The Morgan fingerprint density at radius 1 is 1.10 bits per heavy atom. The topological polar surface area (TPSA) is 120 Å². The van der Waals surface area contributed by atoms with Gasteiger partial charge in [-0.25, -0.2) is 4.79 Å². The van der Waals surface area contributed by atoms with Gasteiger partial charge in [-0.15, -0.1) is 0 Å². The van der Waals surface area contributed by atoms with Crippen molar-refractivity contribution >= 4 is 29.2 Å². The first-order valence-electron chi connectivity index (χ1n) is 13.5. The van der Waals surface area contributed by atoms with Gasteiger partial charge in [0, 0.05) is 44.3 Å². The second kappa shape index (κ2) is 12.9. The number of anilines is 2. The lowest BCUT2D eigenvalue weighted by atomic mass is 9.98. The zero-order chi connectivity index (χ0) is 27.9. The third kappa shape index (κ3) is 6.88. The SMILES string of the molecule is C[C@@H]1CN([C@H](C)CO)C(=O)c2cccc(NC(=O)C3CCOCC3)c2O[C@H]1CN(C)C(=O)Nc1ccccc1. The van der Waals surface area contributed by atoms with E-state index < -0.39 is 12.1 Å². The van der Waals surface area contributed by atoms with Gasteiger partial charge in [0.05, 0.1) is 30.4 Å². The van der Waals surface area contributed by atoms with Gasteiger partial charge >= 0.3 is 6.03 Å². The Labute approximate surface area is 229 Å². The first-order valence-corrected chi connectivity index (χ1v) is 13.5. The molecule has 0 unspecified atom stereocenters. The fraction of sp³-hybridized carbons (Fsp3) is 0.483. The smallest absolute Gasteiger partial charge is 0.321 e. The highest BCUT2D eigenvalue weighted by molar-refractivity contribution is 6.02. The van der Waals surface area contributed by atoms with E-state index in [1.165, 1.54) is 0 Å². The van der Waals surface area contributed by atoms with E-state index in [0.717, 1.165) is 0 Å². The van der Waals surface area contributed by atoms with Gasteiger partial charge in [-0.05, 0) is 44.0 Å². The number of hydrogen-bond acceptors (Lipinski definition) is 6. The van der Waals surface area contributed by atoms with Gasteiger partial charge in [0.1, 0.15) is 6.10 Å². The van der Waals surface area contributed by atoms with Crippen LogP contribution in [0, 0.1) is 11.8 Å². The van der Waals surface area contributed by atoms with E-state index in [-0.39, 0.29) is 48.6 Å². The van der Waals surface area contributed by atoms with Gasteiger partial charge in [0.2, 0.25) is 5.91 Å². The largest absolute Gasteiger partial charge is 0.485 e. The Balaban J connectivity index is 1.62. The minimum absolute atomic E-state index is 0.144. The number of hydrogen-bond donors (Lipinski definition) is 3. The molecule has 0 aromatic heterocycles. The fourth-order valence-corrected chi connectivity index (χ4v) is 4.85. The molecule has 2 aliphatic rings. The van der Waals surface area contributed by atoms with E-state index in [9.17, 15) is 19.5 Å². The zero-order valence-electron chi connectivity index (χ0n) is 22.8. The molecule has 0 radical (unpaired) electrons. The van der Waals surface area contributed by atoms with Gasteiger partial charge in [0.15, 0.2) is 5.75 Å². The Kier molecular flexibility index (Phi) is 9.42. The van der Waals surface area contributed by atoms with Crippen molar-refractivity contribution in [3.63, 3.8) is 0 Å². The highest BCUT2D eigenvalue weighted by Gasteiger charge is 2.35. The maximum atomic E-state index is 13.6. The van der Waals surface area contributed by atoms with Crippen LogP contribution in [0.15, 0.2) is 48.5 Å². The van der Waals surface area contributed by atoms with Crippen molar-refractivity contribution in [3.05, 3.63) is 54.1 Å². The van der Waals surface area contributed by atoms with Crippen LogP contribution >= 0.6 is 0 Å². The molecule has 0 bridgehead atoms. The minimum atomic E-state index is -0.502. The quantitative estimate of drug-likeness (QED) is 0.497. The number of urea groups is 1. The Morgan fingerprint density at radius 2 is 1.82 bits per heavy atom. The van der Waals surface area contributed by atoms with Crippen molar-refractivity contribution in [2.75, 3.05) is 50.6 Å². The average Bonchev–Trinajstić information content (AvgIpc) is 2.95. The summed E-state index contributed by atoms with van der Waals surface area (Å²) >= 11 is 0. The summed E-state index contributed by atoms with van der Waals surface area (Å²) in [6.45, 7) is 5.17. The second-order valence-electron chi connectivity index (χ2n) is 10.4. The maximum Gasteiger partial charge on any atom is 0.321 e. The van der Waals surface area contributed by atoms with Crippen molar-refractivity contribution < 1.29 is 29.0 Å². The van der Waals surface area contributed by atoms with Crippen LogP contribution in [0.3, 0.4) is 0 Å². The number of benzene rings is 2. The van der Waals surface area contributed by atoms with Crippen LogP contribution in [0.4, 0.5) is 16.2 Å². The standard InChI is InChI=1S/C29H38N4O6/c1-19-16-33(20(2)18-34)28(36)23-10-7-11-24(31-27(35)21-12-14-38-15-13-21)26(23)39-25(19)17-32(3)29(37)30-22-8-5-4-6-9-22/h4-11,19-21,25,34H,12-18H2,1-3H3,(H,30,37)(H,31,35)/t19-,20-,25+/m1/s1. The molecule has 39 heavy (non-hydrogen) atoms. The minimum Gasteiger partial charge on any atom is -0.485 e. The molecule has 1 saturated heterocycles. The summed E-state index contributed by atoms with van der Waals surface area (Å²) in [5.74, 6) is -0.537. The lowest BCUT2D eigenvalue weighted by Crippen LogP contribution is -2.50. The van der Waals surface area contributed by atoms with E-state index >= 15 is 0 Å². The Hall–Kier alpha value is -3.63. The molecule has 0 saturated carbocycles. The number of carbonyl (C=O) groups excluding carboxylic acids is 3. The summed E-state index contributed by atoms with van der Waals surface area (Å²) in [6.07, 6.45) is 0.755. The average molecular weight is 539 g/mol. The number of aliphatic hydroxyl groups excluding tert-OH is 1. The molecule has 0 aliphatic carbocycles. The fourth-order valence-electron chi connectivity index (χ4n) is 4.85. The third-order valence-corrected chi connectivity index (χ3v) is 7.37. The number of carbonyl (C=O) groups is 3. The molecule has 3 atom stereocenters. The summed E-state index contributed by atoms with van der Waals surface area (Å²) < 4.78 is 11.9. The van der Waals surface area contributed by atoms with Crippen LogP contribution in [0.1, 0.15) is 37.0 Å². The number of aliphatic hydroxyl groups is 1. The molecule has 4 amide bonds. The highest BCUT2D eigenvalue weighted by atomic mass is 16.5. The van der Waals surface area contributed by atoms with Crippen molar-refractivity contribution in [3.8, 4) is 5.75 Å². The van der Waals surface area contributed by atoms with Gasteiger partial charge in [-0.1, -0.05) is 31.2 Å². The first-order chi connectivity index (χ1) is 18.8. The van der Waals surface area contributed by atoms with E-state index in [0.29, 0.717) is 49.5 Å². The van der Waals surface area contributed by atoms with Gasteiger partial charge in [-0.3, -0.25) is 9.59 Å². The molecular weight excluding hydrogens is 500 g/mol. The number of para-hydroxylation sites is 2. The molecule has 210 valence electrons. The van der Waals surface area contributed by atoms with Crippen LogP contribution in [-0.2, 0) is 9.53 Å². The maximum absolute atomic E-state index is 13.6. The third-order valence-electron chi connectivity index (χ3n) is 7.37. The lowest BCUT2D eigenvalue weighted by molar-refractivity contribution is -0.122. The molecule has 1 fully saturated rings. The van der Waals surface area contributed by atoms with Crippen LogP contribution in [-0.4, -0.2) is 84.9 Å². The van der Waals surface area contributed by atoms with E-state index in [1.54, 1.807) is 42.0 Å². The van der Waals surface area contributed by atoms with Crippen LogP contribution < -0.4 is 15.4 Å². The van der Waals surface area contributed by atoms with Gasteiger partial charge < -0.3 is 35.0 Å². The number of amides is 4. The van der Waals surface area contributed by atoms with Gasteiger partial charge in [-0.2, -0.15) is 0 Å². The van der Waals surface area contributed by atoms with Crippen molar-refractivity contribution in [1.82, 2.24) is 9.80 Å². The summed E-state index contributed by atoms with van der Waals surface area (Å²) in [5, 5.41) is 15.7. The molecule has 2 aromatic rings. The number of rotatable bonds is 7. The predicted molar refractivity (Wildman–Crippen MR) is 148 cm³/mol. The molecule has 10 nitrogen and oxygen atoms in total. The van der Waals surface area contributed by atoms with E-state index in [4.69, 9.17) is 9.47 Å². The Morgan fingerprint density at radius 3 is 2.51 bits per heavy atom. The molecule has 2 heterocycles. The summed E-state index contributed by atoms with van der Waals surface area (Å²) in [7, 11) is 1.69. The zero-order valence-corrected chi connectivity index (χ0v) is 22.8. The number of nitrogens with one attached hydrogen (secondary N) is 2. The van der Waals surface area contributed by atoms with Crippen LogP contribution in [0.25, 0.3) is 0 Å². The molecule has 2 aliphatic heterocycles. The molecule has 10 heteroatoms. The number of ether oxygens (including phenoxy) is 2. The lowest BCUT2D eigenvalue weighted by Gasteiger charge is -2.38. The second-order valence-corrected chi connectivity index (χ2v) is 10.4. The van der Waals surface area contributed by atoms with Crippen molar-refractivity contribution in [1.29, 1.82) is 0 Å². The van der Waals surface area contributed by atoms with Crippen LogP contribution in [0.2, 0.25) is 0 Å². The van der Waals surface area contributed by atoms with Crippen molar-refractivity contribution in [2.24, 2.45) is 11.8 Å². The number of fused-ring (bicyclic) bond motifs is 1. The predicted octanol–water partition coefficient (Wildman–Crippen LogP) is 3.44. The van der Waals surface area contributed by atoms with Crippen molar-refractivity contribution in [2.45, 2.75) is 38.8 Å². The molecule has 0 spiro atoms. The highest BCUT2D eigenvalue weighted by Crippen LogP contribution is 2.35. The summed E-state index contributed by atoms with van der Waals surface area (Å²) in [6, 6.07) is 13.6. The monoisotopic (exact) mass is 538 g/mol.